The summed E-state index contributed by atoms with van der Waals surface area (Å²) in [5.74, 6) is 1.78. The van der Waals surface area contributed by atoms with E-state index in [1.165, 1.54) is 32.1 Å². The van der Waals surface area contributed by atoms with Crippen LogP contribution in [-0.4, -0.2) is 31.4 Å². The number of aromatic nitrogens is 5. The summed E-state index contributed by atoms with van der Waals surface area (Å²) in [6.45, 7) is 2.56. The van der Waals surface area contributed by atoms with Crippen molar-refractivity contribution in [1.29, 1.82) is 0 Å². The molecule has 7 heteroatoms. The zero-order valence-corrected chi connectivity index (χ0v) is 16.6. The van der Waals surface area contributed by atoms with Gasteiger partial charge in [-0.15, -0.1) is 5.10 Å². The van der Waals surface area contributed by atoms with Crippen molar-refractivity contribution in [2.24, 2.45) is 7.05 Å². The van der Waals surface area contributed by atoms with Gasteiger partial charge in [0.25, 0.3) is 5.56 Å². The van der Waals surface area contributed by atoms with Crippen molar-refractivity contribution < 1.29 is 4.74 Å². The highest BCUT2D eigenvalue weighted by atomic mass is 16.5. The minimum Gasteiger partial charge on any atom is -0.494 e. The lowest BCUT2D eigenvalue weighted by Crippen LogP contribution is -2.17. The zero-order chi connectivity index (χ0) is 19.5. The van der Waals surface area contributed by atoms with Crippen LogP contribution >= 0.6 is 0 Å². The number of nitrogens with zero attached hydrogens (tertiary/aromatic N) is 5. The van der Waals surface area contributed by atoms with Crippen molar-refractivity contribution in [3.05, 3.63) is 46.0 Å². The fourth-order valence-corrected chi connectivity index (χ4v) is 4.10. The summed E-state index contributed by atoms with van der Waals surface area (Å²) < 4.78 is 9.65. The molecule has 0 spiro atoms. The van der Waals surface area contributed by atoms with Gasteiger partial charge in [-0.2, -0.15) is 0 Å². The highest BCUT2D eigenvalue weighted by Gasteiger charge is 2.19. The first-order chi connectivity index (χ1) is 13.6. The Kier molecular flexibility index (Phi) is 5.41. The summed E-state index contributed by atoms with van der Waals surface area (Å²) in [7, 11) is 1.79. The first kappa shape index (κ1) is 18.7. The van der Waals surface area contributed by atoms with Crippen molar-refractivity contribution in [3.8, 4) is 5.75 Å². The van der Waals surface area contributed by atoms with E-state index < -0.39 is 0 Å². The van der Waals surface area contributed by atoms with Gasteiger partial charge < -0.3 is 9.30 Å². The second-order valence-corrected chi connectivity index (χ2v) is 7.69. The molecule has 0 bridgehead atoms. The van der Waals surface area contributed by atoms with E-state index in [4.69, 9.17) is 4.74 Å². The largest absolute Gasteiger partial charge is 0.494 e. The second-order valence-electron chi connectivity index (χ2n) is 7.69. The summed E-state index contributed by atoms with van der Waals surface area (Å²) in [5, 5.41) is 13.4. The Morgan fingerprint density at radius 2 is 2.00 bits per heavy atom. The Bertz CT molecular complexity index is 1020. The Morgan fingerprint density at radius 3 is 2.82 bits per heavy atom. The van der Waals surface area contributed by atoms with Gasteiger partial charge in [0.2, 0.25) is 0 Å². The third-order valence-electron chi connectivity index (χ3n) is 5.72. The van der Waals surface area contributed by atoms with Crippen LogP contribution in [0.15, 0.2) is 29.1 Å². The maximum absolute atomic E-state index is 11.9. The molecule has 2 aromatic heterocycles. The minimum atomic E-state index is 0.00866. The normalized spacial score (nSPS) is 15.2. The van der Waals surface area contributed by atoms with Crippen molar-refractivity contribution in [2.75, 3.05) is 6.61 Å². The molecule has 148 valence electrons. The highest BCUT2D eigenvalue weighted by molar-refractivity contribution is 5.83. The van der Waals surface area contributed by atoms with Crippen molar-refractivity contribution >= 4 is 10.9 Å². The van der Waals surface area contributed by atoms with Gasteiger partial charge in [0.05, 0.1) is 18.2 Å². The van der Waals surface area contributed by atoms with Gasteiger partial charge in [-0.1, -0.05) is 19.3 Å². The number of hydrogen-bond donors (Lipinski definition) is 0. The molecule has 28 heavy (non-hydrogen) atoms. The third kappa shape index (κ3) is 3.79. The molecule has 0 unspecified atom stereocenters. The molecule has 4 rings (SSSR count). The quantitative estimate of drug-likeness (QED) is 0.612. The van der Waals surface area contributed by atoms with E-state index in [1.807, 2.05) is 29.8 Å². The maximum atomic E-state index is 11.9. The lowest BCUT2D eigenvalue weighted by atomic mass is 9.95. The van der Waals surface area contributed by atoms with E-state index in [0.29, 0.717) is 12.6 Å². The minimum absolute atomic E-state index is 0.00866. The molecule has 2 heterocycles. The summed E-state index contributed by atoms with van der Waals surface area (Å²) in [6, 6.07) is 8.00. The standard InChI is InChI=1S/C21H27N5O2/c1-15-13-21(27)25(2)19-11-10-17(14-18(15)19)28-12-6-9-20-22-23-24-26(20)16-7-4-3-5-8-16/h10-11,13-14,16H,3-9,12H2,1-2H3. The Balaban J connectivity index is 1.37. The van der Waals surface area contributed by atoms with Gasteiger partial charge in [-0.05, 0) is 60.4 Å². The number of pyridine rings is 1. The Hall–Kier alpha value is -2.70. The Morgan fingerprint density at radius 1 is 1.18 bits per heavy atom. The van der Waals surface area contributed by atoms with Crippen LogP contribution in [-0.2, 0) is 13.5 Å². The summed E-state index contributed by atoms with van der Waals surface area (Å²) in [5.41, 5.74) is 1.90. The number of aryl methyl sites for hydroxylation is 3. The predicted octanol–water partition coefficient (Wildman–Crippen LogP) is 3.35. The number of benzene rings is 1. The van der Waals surface area contributed by atoms with Crippen LogP contribution in [0.4, 0.5) is 0 Å². The van der Waals surface area contributed by atoms with Crippen LogP contribution in [0.1, 0.15) is 56.0 Å². The molecule has 0 N–H and O–H groups in total. The molecule has 3 aromatic rings. The van der Waals surface area contributed by atoms with E-state index in [1.54, 1.807) is 17.7 Å². The predicted molar refractivity (Wildman–Crippen MR) is 108 cm³/mol. The van der Waals surface area contributed by atoms with Crippen LogP contribution in [0, 0.1) is 6.92 Å². The SMILES string of the molecule is Cc1cc(=O)n(C)c2ccc(OCCCc3nnnn3C3CCCCC3)cc12. The zero-order valence-electron chi connectivity index (χ0n) is 16.6. The monoisotopic (exact) mass is 381 g/mol. The number of rotatable bonds is 6. The van der Waals surface area contributed by atoms with Gasteiger partial charge in [0.15, 0.2) is 5.82 Å². The average molecular weight is 381 g/mol. The van der Waals surface area contributed by atoms with Crippen LogP contribution in [0.25, 0.3) is 10.9 Å². The smallest absolute Gasteiger partial charge is 0.251 e. The van der Waals surface area contributed by atoms with E-state index >= 15 is 0 Å². The van der Waals surface area contributed by atoms with Crippen molar-refractivity contribution in [3.63, 3.8) is 0 Å². The maximum Gasteiger partial charge on any atom is 0.251 e. The van der Waals surface area contributed by atoms with Gasteiger partial charge in [-0.3, -0.25) is 4.79 Å². The topological polar surface area (TPSA) is 74.8 Å². The van der Waals surface area contributed by atoms with Gasteiger partial charge in [-0.25, -0.2) is 4.68 Å². The fourth-order valence-electron chi connectivity index (χ4n) is 4.10. The van der Waals surface area contributed by atoms with Gasteiger partial charge in [0.1, 0.15) is 5.75 Å². The second kappa shape index (κ2) is 8.12. The third-order valence-corrected chi connectivity index (χ3v) is 5.72. The Labute approximate surface area is 164 Å². The van der Waals surface area contributed by atoms with Gasteiger partial charge >= 0.3 is 0 Å². The first-order valence-corrected chi connectivity index (χ1v) is 10.1. The molecule has 0 atom stereocenters. The van der Waals surface area contributed by atoms with Crippen LogP contribution < -0.4 is 10.3 Å². The van der Waals surface area contributed by atoms with E-state index in [2.05, 4.69) is 15.5 Å². The summed E-state index contributed by atoms with van der Waals surface area (Å²) in [4.78, 5) is 11.9. The summed E-state index contributed by atoms with van der Waals surface area (Å²) in [6.07, 6.45) is 7.87. The molecule has 1 aromatic carbocycles. The van der Waals surface area contributed by atoms with E-state index in [0.717, 1.165) is 40.9 Å². The van der Waals surface area contributed by atoms with E-state index in [9.17, 15) is 4.79 Å². The lowest BCUT2D eigenvalue weighted by molar-refractivity contribution is 0.298. The van der Waals surface area contributed by atoms with Crippen LogP contribution in [0.5, 0.6) is 5.75 Å². The average Bonchev–Trinajstić information content (AvgIpc) is 3.19. The molecule has 0 saturated heterocycles. The number of tetrazole rings is 1. The molecule has 0 amide bonds. The molecular formula is C21H27N5O2. The molecule has 1 aliphatic carbocycles. The molecular weight excluding hydrogens is 354 g/mol. The highest BCUT2D eigenvalue weighted by Crippen LogP contribution is 2.28. The molecule has 7 nitrogen and oxygen atoms in total. The fraction of sp³-hybridized carbons (Fsp3) is 0.524. The lowest BCUT2D eigenvalue weighted by Gasteiger charge is -2.22. The molecule has 1 aliphatic rings. The van der Waals surface area contributed by atoms with Crippen molar-refractivity contribution in [1.82, 2.24) is 24.8 Å². The van der Waals surface area contributed by atoms with Crippen LogP contribution in [0.2, 0.25) is 0 Å². The van der Waals surface area contributed by atoms with E-state index in [-0.39, 0.29) is 5.56 Å². The molecule has 0 radical (unpaired) electrons. The molecule has 1 fully saturated rings. The van der Waals surface area contributed by atoms with Gasteiger partial charge in [0, 0.05) is 24.9 Å². The number of fused-ring (bicyclic) bond motifs is 1. The number of ether oxygens (including phenoxy) is 1. The first-order valence-electron chi connectivity index (χ1n) is 10.1. The van der Waals surface area contributed by atoms with Crippen LogP contribution in [0.3, 0.4) is 0 Å². The molecule has 0 aliphatic heterocycles. The molecule has 1 saturated carbocycles. The number of hydrogen-bond acceptors (Lipinski definition) is 5. The summed E-state index contributed by atoms with van der Waals surface area (Å²) >= 11 is 0. The van der Waals surface area contributed by atoms with Crippen molar-refractivity contribution in [2.45, 2.75) is 57.9 Å².